The Kier molecular flexibility index (Phi) is 6.58. The number of carbonyl (C=O) groups excluding carboxylic acids is 2. The molecule has 1 aliphatic carbocycles. The zero-order valence-electron chi connectivity index (χ0n) is 18.7. The van der Waals surface area contributed by atoms with Gasteiger partial charge in [-0.1, -0.05) is 60.3 Å². The Morgan fingerprint density at radius 3 is 2.04 bits per heavy atom. The summed E-state index contributed by atoms with van der Waals surface area (Å²) in [7, 11) is 0. The maximum absolute atomic E-state index is 13.0. The van der Waals surface area contributed by atoms with Crippen LogP contribution < -0.4 is 5.32 Å². The van der Waals surface area contributed by atoms with Gasteiger partial charge in [0.05, 0.1) is 0 Å². The first-order valence-electron chi connectivity index (χ1n) is 10.4. The van der Waals surface area contributed by atoms with E-state index in [0.717, 1.165) is 24.9 Å². The first-order valence-corrected chi connectivity index (χ1v) is 10.4. The number of ketones is 1. The molecule has 1 aliphatic rings. The molecule has 3 nitrogen and oxygen atoms in total. The topological polar surface area (TPSA) is 46.2 Å². The highest BCUT2D eigenvalue weighted by Gasteiger charge is 2.37. The molecule has 1 amide bonds. The highest BCUT2D eigenvalue weighted by molar-refractivity contribution is 5.97. The highest BCUT2D eigenvalue weighted by Crippen LogP contribution is 2.44. The van der Waals surface area contributed by atoms with E-state index in [-0.39, 0.29) is 40.3 Å². The number of rotatable bonds is 6. The van der Waals surface area contributed by atoms with Crippen molar-refractivity contribution in [1.29, 1.82) is 0 Å². The third kappa shape index (κ3) is 5.56. The summed E-state index contributed by atoms with van der Waals surface area (Å²) < 4.78 is 0. The lowest BCUT2D eigenvalue weighted by atomic mass is 9.67. The fourth-order valence-corrected chi connectivity index (χ4v) is 3.98. The van der Waals surface area contributed by atoms with Gasteiger partial charge in [0.2, 0.25) is 5.91 Å². The van der Waals surface area contributed by atoms with E-state index in [1.807, 2.05) is 24.3 Å². The maximum Gasteiger partial charge on any atom is 0.228 e. The Labute approximate surface area is 171 Å². The molecule has 2 rings (SSSR count). The van der Waals surface area contributed by atoms with Gasteiger partial charge in [0.1, 0.15) is 0 Å². The largest absolute Gasteiger partial charge is 0.326 e. The van der Waals surface area contributed by atoms with E-state index in [4.69, 9.17) is 0 Å². The summed E-state index contributed by atoms with van der Waals surface area (Å²) in [5.41, 5.74) is 2.63. The van der Waals surface area contributed by atoms with Crippen LogP contribution in [0.3, 0.4) is 0 Å². The van der Waals surface area contributed by atoms with Crippen molar-refractivity contribution in [3.63, 3.8) is 0 Å². The van der Waals surface area contributed by atoms with Gasteiger partial charge in [-0.25, -0.2) is 0 Å². The van der Waals surface area contributed by atoms with Gasteiger partial charge in [-0.05, 0) is 66.2 Å². The first kappa shape index (κ1) is 22.4. The second kappa shape index (κ2) is 8.23. The fraction of sp³-hybridized carbons (Fsp3) is 0.600. The number of allylic oxidation sites excluding steroid dienone is 1. The molecule has 3 heteroatoms. The molecule has 3 unspecified atom stereocenters. The van der Waals surface area contributed by atoms with Gasteiger partial charge >= 0.3 is 0 Å². The van der Waals surface area contributed by atoms with Gasteiger partial charge in [0.25, 0.3) is 0 Å². The molecule has 1 N–H and O–H groups in total. The number of benzene rings is 1. The van der Waals surface area contributed by atoms with Gasteiger partial charge in [0.15, 0.2) is 5.78 Å². The van der Waals surface area contributed by atoms with Crippen molar-refractivity contribution >= 4 is 17.4 Å². The molecular weight excluding hydrogens is 346 g/mol. The van der Waals surface area contributed by atoms with Crippen LogP contribution >= 0.6 is 0 Å². The molecule has 154 valence electrons. The van der Waals surface area contributed by atoms with Crippen LogP contribution in [0, 0.1) is 22.7 Å². The molecule has 1 saturated carbocycles. The molecule has 0 aromatic heterocycles. The van der Waals surface area contributed by atoms with E-state index >= 15 is 0 Å². The molecule has 0 saturated heterocycles. The summed E-state index contributed by atoms with van der Waals surface area (Å²) >= 11 is 0. The predicted octanol–water partition coefficient (Wildman–Crippen LogP) is 6.36. The predicted molar refractivity (Wildman–Crippen MR) is 117 cm³/mol. The number of amides is 1. The second-order valence-electron chi connectivity index (χ2n) is 10.7. The van der Waals surface area contributed by atoms with Crippen molar-refractivity contribution in [1.82, 2.24) is 0 Å². The molecular formula is C25H37NO2. The summed E-state index contributed by atoms with van der Waals surface area (Å²) in [6.45, 7) is 18.5. The molecule has 1 aromatic rings. The summed E-state index contributed by atoms with van der Waals surface area (Å²) in [5.74, 6) is 0.543. The normalized spacial score (nSPS) is 20.8. The second-order valence-corrected chi connectivity index (χ2v) is 10.7. The molecule has 0 spiro atoms. The molecule has 1 aromatic carbocycles. The minimum absolute atomic E-state index is 0.0589. The number of Topliss-reactive ketones (excluding diaryl/α,β-unsaturated/α-hetero) is 1. The molecule has 3 atom stereocenters. The maximum atomic E-state index is 13.0. The number of anilines is 1. The van der Waals surface area contributed by atoms with Crippen molar-refractivity contribution in [3.8, 4) is 0 Å². The molecule has 0 aliphatic heterocycles. The van der Waals surface area contributed by atoms with Crippen LogP contribution in [0.2, 0.25) is 0 Å². The van der Waals surface area contributed by atoms with Crippen LogP contribution in [0.4, 0.5) is 5.69 Å². The lowest BCUT2D eigenvalue weighted by Gasteiger charge is -2.36. The SMILES string of the molecule is C=C(C)C(=O)C1CCC1c1ccc(NC(=O)C(CC(C)(C)C)C(C)(C)C)cc1. The summed E-state index contributed by atoms with van der Waals surface area (Å²) in [4.78, 5) is 25.2. The zero-order chi connectivity index (χ0) is 21.3. The monoisotopic (exact) mass is 383 g/mol. The van der Waals surface area contributed by atoms with E-state index in [1.54, 1.807) is 6.92 Å². The van der Waals surface area contributed by atoms with E-state index < -0.39 is 0 Å². The average Bonchev–Trinajstić information content (AvgIpc) is 2.51. The Balaban J connectivity index is 2.08. The molecule has 28 heavy (non-hydrogen) atoms. The third-order valence-corrected chi connectivity index (χ3v) is 5.82. The minimum Gasteiger partial charge on any atom is -0.326 e. The fourth-order valence-electron chi connectivity index (χ4n) is 3.98. The van der Waals surface area contributed by atoms with Crippen molar-refractivity contribution in [3.05, 3.63) is 42.0 Å². The van der Waals surface area contributed by atoms with Crippen LogP contribution in [-0.2, 0) is 9.59 Å². The number of nitrogens with one attached hydrogen (secondary N) is 1. The molecule has 0 bridgehead atoms. The molecule has 0 heterocycles. The lowest BCUT2D eigenvalue weighted by Crippen LogP contribution is -2.36. The number of hydrogen-bond acceptors (Lipinski definition) is 2. The van der Waals surface area contributed by atoms with E-state index in [2.05, 4.69) is 53.4 Å². The van der Waals surface area contributed by atoms with Crippen LogP contribution in [0.15, 0.2) is 36.4 Å². The zero-order valence-corrected chi connectivity index (χ0v) is 18.7. The smallest absolute Gasteiger partial charge is 0.228 e. The summed E-state index contributed by atoms with van der Waals surface area (Å²) in [6.07, 6.45) is 2.81. The van der Waals surface area contributed by atoms with Gasteiger partial charge in [-0.3, -0.25) is 9.59 Å². The van der Waals surface area contributed by atoms with Crippen molar-refractivity contribution in [2.75, 3.05) is 5.32 Å². The lowest BCUT2D eigenvalue weighted by molar-refractivity contribution is -0.124. The summed E-state index contributed by atoms with van der Waals surface area (Å²) in [6, 6.07) is 8.03. The minimum atomic E-state index is -0.0979. The van der Waals surface area contributed by atoms with E-state index in [1.165, 1.54) is 5.56 Å². The highest BCUT2D eigenvalue weighted by atomic mass is 16.2. The van der Waals surface area contributed by atoms with Crippen LogP contribution in [-0.4, -0.2) is 11.7 Å². The molecule has 1 fully saturated rings. The number of carbonyl (C=O) groups is 2. The van der Waals surface area contributed by atoms with Gasteiger partial charge in [0, 0.05) is 17.5 Å². The number of hydrogen-bond donors (Lipinski definition) is 1. The summed E-state index contributed by atoms with van der Waals surface area (Å²) in [5, 5.41) is 3.11. The Morgan fingerprint density at radius 1 is 1.07 bits per heavy atom. The standard InChI is InChI=1S/C25H37NO2/c1-16(2)22(27)20-14-13-19(20)17-9-11-18(12-10-17)26-23(28)21(25(6,7)8)15-24(3,4)5/h9-12,19-21H,1,13-15H2,2-8H3,(H,26,28). The Morgan fingerprint density at radius 2 is 1.64 bits per heavy atom. The average molecular weight is 384 g/mol. The van der Waals surface area contributed by atoms with Gasteiger partial charge in [-0.2, -0.15) is 0 Å². The Bertz CT molecular complexity index is 731. The van der Waals surface area contributed by atoms with E-state index in [9.17, 15) is 9.59 Å². The van der Waals surface area contributed by atoms with Crippen molar-refractivity contribution in [2.45, 2.75) is 73.6 Å². The van der Waals surface area contributed by atoms with Crippen LogP contribution in [0.1, 0.15) is 79.2 Å². The van der Waals surface area contributed by atoms with Crippen molar-refractivity contribution < 1.29 is 9.59 Å². The van der Waals surface area contributed by atoms with Crippen LogP contribution in [0.25, 0.3) is 0 Å². The van der Waals surface area contributed by atoms with E-state index in [0.29, 0.717) is 5.57 Å². The van der Waals surface area contributed by atoms with Crippen LogP contribution in [0.5, 0.6) is 0 Å². The molecule has 0 radical (unpaired) electrons. The first-order chi connectivity index (χ1) is 12.8. The third-order valence-electron chi connectivity index (χ3n) is 5.82. The van der Waals surface area contributed by atoms with Gasteiger partial charge < -0.3 is 5.32 Å². The Hall–Kier alpha value is -1.90. The van der Waals surface area contributed by atoms with Crippen molar-refractivity contribution in [2.24, 2.45) is 22.7 Å². The quantitative estimate of drug-likeness (QED) is 0.581. The van der Waals surface area contributed by atoms with Gasteiger partial charge in [-0.15, -0.1) is 0 Å².